The summed E-state index contributed by atoms with van der Waals surface area (Å²) in [6.07, 6.45) is 2.46. The van der Waals surface area contributed by atoms with Crippen molar-refractivity contribution < 1.29 is 14.7 Å². The summed E-state index contributed by atoms with van der Waals surface area (Å²) in [6.45, 7) is 1.08. The van der Waals surface area contributed by atoms with Crippen molar-refractivity contribution in [1.82, 2.24) is 10.6 Å². The molecule has 0 radical (unpaired) electrons. The van der Waals surface area contributed by atoms with Gasteiger partial charge >= 0.3 is 12.0 Å². The standard InChI is InChI=1S/C12H17BrN2O3S/c13-10-6-5-9(19-10)8-15-12(18)14-7-3-1-2-4-11(16)17/h5-6H,1-4,7-8H2,(H,16,17)(H2,14,15,18). The lowest BCUT2D eigenvalue weighted by Gasteiger charge is -2.06. The van der Waals surface area contributed by atoms with Crippen LogP contribution in [0.25, 0.3) is 0 Å². The Morgan fingerprint density at radius 3 is 2.63 bits per heavy atom. The fraction of sp³-hybridized carbons (Fsp3) is 0.500. The number of rotatable bonds is 8. The number of carbonyl (C=O) groups excluding carboxylic acids is 1. The van der Waals surface area contributed by atoms with E-state index >= 15 is 0 Å². The number of hydrogen-bond donors (Lipinski definition) is 3. The number of aliphatic carboxylic acids is 1. The highest BCUT2D eigenvalue weighted by atomic mass is 79.9. The molecule has 0 saturated heterocycles. The third-order valence-corrected chi connectivity index (χ3v) is 4.03. The summed E-state index contributed by atoms with van der Waals surface area (Å²) >= 11 is 4.95. The van der Waals surface area contributed by atoms with Gasteiger partial charge in [0.2, 0.25) is 0 Å². The number of carboxylic acids is 1. The van der Waals surface area contributed by atoms with Crippen molar-refractivity contribution in [3.63, 3.8) is 0 Å². The third-order valence-electron chi connectivity index (χ3n) is 2.41. The van der Waals surface area contributed by atoms with Gasteiger partial charge in [0.25, 0.3) is 0 Å². The smallest absolute Gasteiger partial charge is 0.315 e. The molecule has 1 heterocycles. The van der Waals surface area contributed by atoms with E-state index in [0.717, 1.165) is 21.5 Å². The summed E-state index contributed by atoms with van der Waals surface area (Å²) in [5, 5.41) is 14.0. The Balaban J connectivity index is 2.00. The summed E-state index contributed by atoms with van der Waals surface area (Å²) in [6, 6.07) is 3.71. The highest BCUT2D eigenvalue weighted by molar-refractivity contribution is 9.11. The van der Waals surface area contributed by atoms with Crippen molar-refractivity contribution in [2.75, 3.05) is 6.54 Å². The average Bonchev–Trinajstić information content (AvgIpc) is 2.76. The van der Waals surface area contributed by atoms with Crippen LogP contribution in [0.5, 0.6) is 0 Å². The van der Waals surface area contributed by atoms with Crippen LogP contribution in [0.2, 0.25) is 0 Å². The lowest BCUT2D eigenvalue weighted by molar-refractivity contribution is -0.137. The fourth-order valence-corrected chi connectivity index (χ4v) is 2.88. The van der Waals surface area contributed by atoms with Crippen LogP contribution in [0.1, 0.15) is 30.6 Å². The maximum Gasteiger partial charge on any atom is 0.315 e. The molecule has 1 rings (SSSR count). The van der Waals surface area contributed by atoms with Crippen LogP contribution in [-0.4, -0.2) is 23.7 Å². The SMILES string of the molecule is O=C(O)CCCCCNC(=O)NCc1ccc(Br)s1. The highest BCUT2D eigenvalue weighted by Gasteiger charge is 2.02. The minimum absolute atomic E-state index is 0.192. The van der Waals surface area contributed by atoms with Crippen LogP contribution in [0, 0.1) is 0 Å². The topological polar surface area (TPSA) is 78.4 Å². The predicted molar refractivity (Wildman–Crippen MR) is 78.4 cm³/mol. The second-order valence-electron chi connectivity index (χ2n) is 4.02. The quantitative estimate of drug-likeness (QED) is 0.632. The zero-order chi connectivity index (χ0) is 14.1. The largest absolute Gasteiger partial charge is 0.481 e. The van der Waals surface area contributed by atoms with Crippen molar-refractivity contribution in [3.05, 3.63) is 20.8 Å². The van der Waals surface area contributed by atoms with E-state index in [0.29, 0.717) is 19.5 Å². The highest BCUT2D eigenvalue weighted by Crippen LogP contribution is 2.21. The molecule has 0 aliphatic heterocycles. The minimum Gasteiger partial charge on any atom is -0.481 e. The normalized spacial score (nSPS) is 10.2. The number of carbonyl (C=O) groups is 2. The number of thiophene rings is 1. The van der Waals surface area contributed by atoms with Crippen LogP contribution in [0.3, 0.4) is 0 Å². The van der Waals surface area contributed by atoms with Crippen LogP contribution in [0.15, 0.2) is 15.9 Å². The lowest BCUT2D eigenvalue weighted by Crippen LogP contribution is -2.35. The van der Waals surface area contributed by atoms with Gasteiger partial charge in [0.05, 0.1) is 10.3 Å². The number of halogens is 1. The Labute approximate surface area is 124 Å². The molecule has 106 valence electrons. The molecule has 1 aromatic heterocycles. The number of urea groups is 1. The van der Waals surface area contributed by atoms with E-state index in [1.54, 1.807) is 11.3 Å². The summed E-state index contributed by atoms with van der Waals surface area (Å²) in [5.74, 6) is -0.771. The number of carboxylic acid groups (broad SMARTS) is 1. The summed E-state index contributed by atoms with van der Waals surface area (Å²) < 4.78 is 1.04. The number of nitrogens with one attached hydrogen (secondary N) is 2. The zero-order valence-corrected chi connectivity index (χ0v) is 12.8. The summed E-state index contributed by atoms with van der Waals surface area (Å²) in [4.78, 5) is 22.8. The van der Waals surface area contributed by atoms with E-state index < -0.39 is 5.97 Å². The summed E-state index contributed by atoms with van der Waals surface area (Å²) in [7, 11) is 0. The monoisotopic (exact) mass is 348 g/mol. The maximum atomic E-state index is 11.4. The second kappa shape index (κ2) is 8.92. The molecule has 0 atom stereocenters. The van der Waals surface area contributed by atoms with E-state index in [9.17, 15) is 9.59 Å². The van der Waals surface area contributed by atoms with Gasteiger partial charge in [0, 0.05) is 17.8 Å². The Kier molecular flexibility index (Phi) is 7.50. The molecule has 0 aromatic carbocycles. The van der Waals surface area contributed by atoms with E-state index in [2.05, 4.69) is 26.6 Å². The molecule has 2 amide bonds. The van der Waals surface area contributed by atoms with Gasteiger partial charge in [-0.1, -0.05) is 6.42 Å². The molecule has 3 N–H and O–H groups in total. The first-order valence-electron chi connectivity index (χ1n) is 6.05. The van der Waals surface area contributed by atoms with Gasteiger partial charge in [-0.05, 0) is 40.9 Å². The Morgan fingerprint density at radius 1 is 1.21 bits per heavy atom. The maximum absolute atomic E-state index is 11.4. The first-order chi connectivity index (χ1) is 9.08. The van der Waals surface area contributed by atoms with Gasteiger partial charge in [-0.2, -0.15) is 0 Å². The molecule has 0 aliphatic rings. The molecule has 0 unspecified atom stereocenters. The van der Waals surface area contributed by atoms with Crippen LogP contribution >= 0.6 is 27.3 Å². The van der Waals surface area contributed by atoms with Crippen LogP contribution in [0.4, 0.5) is 4.79 Å². The fourth-order valence-electron chi connectivity index (χ4n) is 1.46. The Morgan fingerprint density at radius 2 is 2.00 bits per heavy atom. The van der Waals surface area contributed by atoms with Gasteiger partial charge in [-0.15, -0.1) is 11.3 Å². The number of unbranched alkanes of at least 4 members (excludes halogenated alkanes) is 2. The molecule has 0 aliphatic carbocycles. The Bertz CT molecular complexity index is 423. The lowest BCUT2D eigenvalue weighted by atomic mass is 10.2. The van der Waals surface area contributed by atoms with Gasteiger partial charge < -0.3 is 15.7 Å². The van der Waals surface area contributed by atoms with Gasteiger partial charge in [0.1, 0.15) is 0 Å². The van der Waals surface area contributed by atoms with E-state index in [4.69, 9.17) is 5.11 Å². The molecule has 0 bridgehead atoms. The van der Waals surface area contributed by atoms with Crippen molar-refractivity contribution in [3.8, 4) is 0 Å². The van der Waals surface area contributed by atoms with Crippen molar-refractivity contribution in [2.45, 2.75) is 32.2 Å². The van der Waals surface area contributed by atoms with Gasteiger partial charge in [-0.3, -0.25) is 4.79 Å². The third kappa shape index (κ3) is 7.84. The van der Waals surface area contributed by atoms with Crippen LogP contribution < -0.4 is 10.6 Å². The van der Waals surface area contributed by atoms with Gasteiger partial charge in [0.15, 0.2) is 0 Å². The van der Waals surface area contributed by atoms with Crippen molar-refractivity contribution in [1.29, 1.82) is 0 Å². The van der Waals surface area contributed by atoms with E-state index in [1.165, 1.54) is 0 Å². The first-order valence-corrected chi connectivity index (χ1v) is 7.66. The molecular formula is C12H17BrN2O3S. The molecule has 5 nitrogen and oxygen atoms in total. The number of hydrogen-bond acceptors (Lipinski definition) is 3. The first kappa shape index (κ1) is 16.0. The molecule has 1 aromatic rings. The number of amides is 2. The Hall–Kier alpha value is -1.08. The molecule has 0 fully saturated rings. The molecule has 19 heavy (non-hydrogen) atoms. The predicted octanol–water partition coefficient (Wildman–Crippen LogP) is 2.95. The zero-order valence-electron chi connectivity index (χ0n) is 10.4. The second-order valence-corrected chi connectivity index (χ2v) is 6.57. The molecule has 0 saturated carbocycles. The minimum atomic E-state index is -0.771. The van der Waals surface area contributed by atoms with E-state index in [1.807, 2.05) is 12.1 Å². The molecule has 7 heteroatoms. The van der Waals surface area contributed by atoms with Crippen molar-refractivity contribution in [2.24, 2.45) is 0 Å². The summed E-state index contributed by atoms with van der Waals surface area (Å²) in [5.41, 5.74) is 0. The van der Waals surface area contributed by atoms with Crippen molar-refractivity contribution >= 4 is 39.3 Å². The van der Waals surface area contributed by atoms with E-state index in [-0.39, 0.29) is 12.5 Å². The van der Waals surface area contributed by atoms with Crippen LogP contribution in [-0.2, 0) is 11.3 Å². The molecule has 0 spiro atoms. The molecular weight excluding hydrogens is 332 g/mol. The average molecular weight is 349 g/mol. The van der Waals surface area contributed by atoms with Gasteiger partial charge in [-0.25, -0.2) is 4.79 Å².